The van der Waals surface area contributed by atoms with E-state index in [2.05, 4.69) is 27.7 Å². The van der Waals surface area contributed by atoms with E-state index in [1.165, 1.54) is 116 Å². The maximum Gasteiger partial charge on any atom is 0.0621 e. The first-order valence-corrected chi connectivity index (χ1v) is 15.6. The Morgan fingerprint density at radius 2 is 0.824 bits per heavy atom. The molecule has 0 aliphatic rings. The Morgan fingerprint density at radius 1 is 0.412 bits per heavy atom. The summed E-state index contributed by atoms with van der Waals surface area (Å²) in [5, 5.41) is 0. The lowest BCUT2D eigenvalue weighted by Crippen LogP contribution is -2.25. The van der Waals surface area contributed by atoms with Crippen LogP contribution < -0.4 is 0 Å². The Kier molecular flexibility index (Phi) is 29.0. The van der Waals surface area contributed by atoms with Gasteiger partial charge in [-0.2, -0.15) is 0 Å². The summed E-state index contributed by atoms with van der Waals surface area (Å²) in [5.41, 5.74) is 0. The Bertz CT molecular complexity index is 361. The lowest BCUT2D eigenvalue weighted by molar-refractivity contribution is -0.0332. The smallest absolute Gasteiger partial charge is 0.0621 e. The maximum atomic E-state index is 6.36. The standard InChI is InChI=1S/C31H64O3/c1-5-9-12-15-18-21-25-32-28-24-31(34-27-23-20-17-14-11-7-3)29-30(8-4)33-26-22-19-16-13-10-6-2/h30-31H,5-29H2,1-4H3. The van der Waals surface area contributed by atoms with E-state index in [1.807, 2.05) is 0 Å². The number of hydrogen-bond donors (Lipinski definition) is 0. The van der Waals surface area contributed by atoms with Gasteiger partial charge in [-0.05, 0) is 38.5 Å². The van der Waals surface area contributed by atoms with Crippen molar-refractivity contribution in [3.63, 3.8) is 0 Å². The average molecular weight is 485 g/mol. The third-order valence-electron chi connectivity index (χ3n) is 6.91. The second kappa shape index (κ2) is 29.1. The Hall–Kier alpha value is -0.120. The van der Waals surface area contributed by atoms with E-state index >= 15 is 0 Å². The molecule has 0 spiro atoms. The fourth-order valence-electron chi connectivity index (χ4n) is 4.48. The van der Waals surface area contributed by atoms with Gasteiger partial charge in [-0.15, -0.1) is 0 Å². The molecule has 0 radical (unpaired) electrons. The molecule has 0 saturated carbocycles. The van der Waals surface area contributed by atoms with E-state index in [9.17, 15) is 0 Å². The van der Waals surface area contributed by atoms with Crippen molar-refractivity contribution < 1.29 is 14.2 Å². The maximum absolute atomic E-state index is 6.36. The summed E-state index contributed by atoms with van der Waals surface area (Å²) in [5.74, 6) is 0. The summed E-state index contributed by atoms with van der Waals surface area (Å²) in [6.45, 7) is 12.6. The van der Waals surface area contributed by atoms with Gasteiger partial charge in [-0.1, -0.05) is 124 Å². The van der Waals surface area contributed by atoms with E-state index in [4.69, 9.17) is 14.2 Å². The van der Waals surface area contributed by atoms with Crippen LogP contribution in [0.4, 0.5) is 0 Å². The average Bonchev–Trinajstić information content (AvgIpc) is 2.85. The molecular weight excluding hydrogens is 420 g/mol. The molecule has 0 heterocycles. The molecule has 0 aromatic heterocycles. The van der Waals surface area contributed by atoms with Crippen molar-refractivity contribution in [3.8, 4) is 0 Å². The van der Waals surface area contributed by atoms with Crippen molar-refractivity contribution in [2.45, 2.75) is 175 Å². The lowest BCUT2D eigenvalue weighted by atomic mass is 10.1. The zero-order chi connectivity index (χ0) is 25.0. The first-order valence-electron chi connectivity index (χ1n) is 15.6. The summed E-state index contributed by atoms with van der Waals surface area (Å²) >= 11 is 0. The molecule has 0 N–H and O–H groups in total. The van der Waals surface area contributed by atoms with E-state index in [-0.39, 0.29) is 6.10 Å². The van der Waals surface area contributed by atoms with E-state index in [1.54, 1.807) is 0 Å². The molecule has 0 aliphatic carbocycles. The van der Waals surface area contributed by atoms with Crippen LogP contribution in [0.25, 0.3) is 0 Å². The normalized spacial score (nSPS) is 13.4. The topological polar surface area (TPSA) is 27.7 Å². The Morgan fingerprint density at radius 3 is 1.29 bits per heavy atom. The van der Waals surface area contributed by atoms with E-state index in [0.717, 1.165) is 45.7 Å². The lowest BCUT2D eigenvalue weighted by Gasteiger charge is -2.24. The van der Waals surface area contributed by atoms with Crippen LogP contribution in [0.1, 0.15) is 163 Å². The van der Waals surface area contributed by atoms with Crippen LogP contribution in [0.2, 0.25) is 0 Å². The van der Waals surface area contributed by atoms with Gasteiger partial charge in [0.25, 0.3) is 0 Å². The van der Waals surface area contributed by atoms with Crippen LogP contribution in [0, 0.1) is 0 Å². The molecule has 0 aliphatic heterocycles. The molecule has 3 heteroatoms. The molecule has 0 aromatic carbocycles. The molecule has 34 heavy (non-hydrogen) atoms. The van der Waals surface area contributed by atoms with Gasteiger partial charge in [0.1, 0.15) is 0 Å². The van der Waals surface area contributed by atoms with Gasteiger partial charge in [0.05, 0.1) is 12.2 Å². The molecule has 2 atom stereocenters. The minimum absolute atomic E-state index is 0.273. The van der Waals surface area contributed by atoms with Crippen LogP contribution >= 0.6 is 0 Å². The fraction of sp³-hybridized carbons (Fsp3) is 1.00. The highest BCUT2D eigenvalue weighted by Crippen LogP contribution is 2.16. The largest absolute Gasteiger partial charge is 0.381 e. The second-order valence-corrected chi connectivity index (χ2v) is 10.3. The van der Waals surface area contributed by atoms with Gasteiger partial charge in [0.2, 0.25) is 0 Å². The van der Waals surface area contributed by atoms with E-state index < -0.39 is 0 Å². The zero-order valence-corrected chi connectivity index (χ0v) is 24.1. The molecule has 2 unspecified atom stereocenters. The predicted molar refractivity (Wildman–Crippen MR) is 150 cm³/mol. The highest BCUT2D eigenvalue weighted by Gasteiger charge is 2.16. The Balaban J connectivity index is 4.15. The number of rotatable bonds is 29. The number of ether oxygens (including phenoxy) is 3. The van der Waals surface area contributed by atoms with Crippen LogP contribution in [-0.4, -0.2) is 38.6 Å². The minimum atomic E-state index is 0.273. The van der Waals surface area contributed by atoms with E-state index in [0.29, 0.717) is 6.10 Å². The van der Waals surface area contributed by atoms with Crippen LogP contribution in [-0.2, 0) is 14.2 Å². The fourth-order valence-corrected chi connectivity index (χ4v) is 4.48. The monoisotopic (exact) mass is 484 g/mol. The highest BCUT2D eigenvalue weighted by molar-refractivity contribution is 4.67. The summed E-state index contributed by atoms with van der Waals surface area (Å²) < 4.78 is 18.6. The molecular formula is C31H64O3. The van der Waals surface area contributed by atoms with Crippen LogP contribution in [0.3, 0.4) is 0 Å². The van der Waals surface area contributed by atoms with Crippen molar-refractivity contribution in [1.82, 2.24) is 0 Å². The summed E-state index contributed by atoms with van der Waals surface area (Å²) in [6.07, 6.45) is 27.4. The summed E-state index contributed by atoms with van der Waals surface area (Å²) in [4.78, 5) is 0. The van der Waals surface area contributed by atoms with Crippen LogP contribution in [0.15, 0.2) is 0 Å². The predicted octanol–water partition coefficient (Wildman–Crippen LogP) is 10.0. The van der Waals surface area contributed by atoms with Gasteiger partial charge in [-0.25, -0.2) is 0 Å². The molecule has 3 nitrogen and oxygen atoms in total. The first kappa shape index (κ1) is 33.9. The number of unbranched alkanes of at least 4 members (excludes halogenated alkanes) is 15. The first-order chi connectivity index (χ1) is 16.8. The summed E-state index contributed by atoms with van der Waals surface area (Å²) in [6, 6.07) is 0. The van der Waals surface area contributed by atoms with Gasteiger partial charge in [0.15, 0.2) is 0 Å². The number of hydrogen-bond acceptors (Lipinski definition) is 3. The zero-order valence-electron chi connectivity index (χ0n) is 24.1. The van der Waals surface area contributed by atoms with Crippen molar-refractivity contribution in [3.05, 3.63) is 0 Å². The quantitative estimate of drug-likeness (QED) is 0.0988. The molecule has 0 amide bonds. The van der Waals surface area contributed by atoms with Crippen molar-refractivity contribution in [2.24, 2.45) is 0 Å². The minimum Gasteiger partial charge on any atom is -0.381 e. The summed E-state index contributed by atoms with van der Waals surface area (Å²) in [7, 11) is 0. The van der Waals surface area contributed by atoms with Gasteiger partial charge in [-0.3, -0.25) is 0 Å². The molecule has 0 rings (SSSR count). The highest BCUT2D eigenvalue weighted by atomic mass is 16.5. The third kappa shape index (κ3) is 25.0. The van der Waals surface area contributed by atoms with Gasteiger partial charge in [0, 0.05) is 26.4 Å². The second-order valence-electron chi connectivity index (χ2n) is 10.3. The van der Waals surface area contributed by atoms with Crippen molar-refractivity contribution >= 4 is 0 Å². The molecule has 0 aromatic rings. The molecule has 0 bridgehead atoms. The van der Waals surface area contributed by atoms with Gasteiger partial charge < -0.3 is 14.2 Å². The molecule has 206 valence electrons. The third-order valence-corrected chi connectivity index (χ3v) is 6.91. The SMILES string of the molecule is CCCCCCCCOCCC(CC(CC)OCCCCCCCC)OCCCCCCCC. The van der Waals surface area contributed by atoms with Gasteiger partial charge >= 0.3 is 0 Å². The van der Waals surface area contributed by atoms with Crippen molar-refractivity contribution in [1.29, 1.82) is 0 Å². The van der Waals surface area contributed by atoms with Crippen LogP contribution in [0.5, 0.6) is 0 Å². The molecule has 0 fully saturated rings. The molecule has 0 saturated heterocycles. The Labute approximate surface area is 215 Å². The van der Waals surface area contributed by atoms with Crippen molar-refractivity contribution in [2.75, 3.05) is 26.4 Å².